The lowest BCUT2D eigenvalue weighted by molar-refractivity contribution is -0.176. The molecule has 2 N–H and O–H groups in total. The third-order valence-corrected chi connectivity index (χ3v) is 3.63. The zero-order chi connectivity index (χ0) is 20.2. The fourth-order valence-corrected chi connectivity index (χ4v) is 2.26. The van der Waals surface area contributed by atoms with Gasteiger partial charge in [0.2, 0.25) is 0 Å². The molecule has 0 aromatic heterocycles. The second-order valence-corrected chi connectivity index (χ2v) is 6.05. The van der Waals surface area contributed by atoms with Crippen LogP contribution in [0.25, 0.3) is 0 Å². The lowest BCUT2D eigenvalue weighted by atomic mass is 10.1. The van der Waals surface area contributed by atoms with Gasteiger partial charge < -0.3 is 20.1 Å². The summed E-state index contributed by atoms with van der Waals surface area (Å²) in [5.74, 6) is 0.791. The van der Waals surface area contributed by atoms with Gasteiger partial charge >= 0.3 is 12.2 Å². The number of rotatable bonds is 10. The Balaban J connectivity index is 1.56. The summed E-state index contributed by atoms with van der Waals surface area (Å²) in [6.45, 7) is -0.0853. The zero-order valence-electron chi connectivity index (χ0n) is 15.3. The van der Waals surface area contributed by atoms with E-state index in [0.29, 0.717) is 31.7 Å². The van der Waals surface area contributed by atoms with Crippen molar-refractivity contribution in [1.82, 2.24) is 10.6 Å². The highest BCUT2D eigenvalue weighted by atomic mass is 19.4. The van der Waals surface area contributed by atoms with E-state index in [2.05, 4.69) is 15.4 Å². The third kappa shape index (κ3) is 9.27. The summed E-state index contributed by atoms with van der Waals surface area (Å²) in [6, 6.07) is 16.0. The van der Waals surface area contributed by atoms with Gasteiger partial charge in [-0.25, -0.2) is 4.79 Å². The zero-order valence-corrected chi connectivity index (χ0v) is 15.3. The van der Waals surface area contributed by atoms with E-state index in [1.54, 1.807) is 24.3 Å². The molecule has 0 spiro atoms. The van der Waals surface area contributed by atoms with E-state index in [4.69, 9.17) is 4.74 Å². The van der Waals surface area contributed by atoms with Gasteiger partial charge in [-0.05, 0) is 29.7 Å². The van der Waals surface area contributed by atoms with Crippen LogP contribution < -0.4 is 15.4 Å². The van der Waals surface area contributed by atoms with Gasteiger partial charge in [0.1, 0.15) is 12.4 Å². The molecule has 2 rings (SSSR count). The average Bonchev–Trinajstić information content (AvgIpc) is 2.67. The molecular weight excluding hydrogens is 373 g/mol. The fourth-order valence-electron chi connectivity index (χ4n) is 2.26. The maximum atomic E-state index is 12.0. The first kappa shape index (κ1) is 21.6. The van der Waals surface area contributed by atoms with Crippen LogP contribution in [0.1, 0.15) is 17.5 Å². The molecule has 2 aromatic rings. The average molecular weight is 396 g/mol. The molecule has 5 nitrogen and oxygen atoms in total. The van der Waals surface area contributed by atoms with Crippen molar-refractivity contribution in [2.45, 2.75) is 25.7 Å². The minimum atomic E-state index is -4.33. The molecule has 8 heteroatoms. The molecule has 0 aliphatic carbocycles. The van der Waals surface area contributed by atoms with Crippen LogP contribution >= 0.6 is 0 Å². The molecule has 0 fully saturated rings. The third-order valence-electron chi connectivity index (χ3n) is 3.63. The lowest BCUT2D eigenvalue weighted by Gasteiger charge is -2.10. The smallest absolute Gasteiger partial charge is 0.411 e. The Kier molecular flexibility index (Phi) is 8.61. The number of halogens is 3. The van der Waals surface area contributed by atoms with Crippen molar-refractivity contribution >= 4 is 6.03 Å². The minimum Gasteiger partial charge on any atom is -0.494 e. The van der Waals surface area contributed by atoms with Crippen LogP contribution in [0.15, 0.2) is 54.6 Å². The number of alkyl halides is 3. The van der Waals surface area contributed by atoms with Crippen LogP contribution in [0, 0.1) is 0 Å². The van der Waals surface area contributed by atoms with Crippen LogP contribution in [-0.4, -0.2) is 32.0 Å². The molecule has 0 atom stereocenters. The van der Waals surface area contributed by atoms with E-state index in [0.717, 1.165) is 11.3 Å². The number of urea groups is 1. The minimum absolute atomic E-state index is 0.112. The molecule has 0 saturated carbocycles. The normalized spacial score (nSPS) is 11.1. The molecule has 2 amide bonds. The Labute approximate surface area is 161 Å². The van der Waals surface area contributed by atoms with Gasteiger partial charge in [0.25, 0.3) is 0 Å². The number of carbonyl (C=O) groups excluding carboxylic acids is 1. The van der Waals surface area contributed by atoms with Crippen LogP contribution in [-0.2, 0) is 17.9 Å². The Bertz CT molecular complexity index is 707. The van der Waals surface area contributed by atoms with Crippen LogP contribution in [0.5, 0.6) is 5.75 Å². The van der Waals surface area contributed by atoms with Gasteiger partial charge in [-0.2, -0.15) is 13.2 Å². The highest BCUT2D eigenvalue weighted by Gasteiger charge is 2.27. The topological polar surface area (TPSA) is 59.6 Å². The van der Waals surface area contributed by atoms with Gasteiger partial charge in [-0.15, -0.1) is 0 Å². The van der Waals surface area contributed by atoms with E-state index >= 15 is 0 Å². The number of ether oxygens (including phenoxy) is 2. The first-order valence-electron chi connectivity index (χ1n) is 8.84. The summed E-state index contributed by atoms with van der Waals surface area (Å²) in [5.41, 5.74) is 1.47. The van der Waals surface area contributed by atoms with Crippen molar-refractivity contribution in [2.24, 2.45) is 0 Å². The van der Waals surface area contributed by atoms with E-state index < -0.39 is 12.8 Å². The molecule has 28 heavy (non-hydrogen) atoms. The molecule has 0 bridgehead atoms. The second kappa shape index (κ2) is 11.2. The summed E-state index contributed by atoms with van der Waals surface area (Å²) in [5, 5.41) is 5.46. The van der Waals surface area contributed by atoms with Crippen molar-refractivity contribution in [3.05, 3.63) is 65.7 Å². The summed E-state index contributed by atoms with van der Waals surface area (Å²) in [6.07, 6.45) is -3.65. The summed E-state index contributed by atoms with van der Waals surface area (Å²) in [4.78, 5) is 11.8. The lowest BCUT2D eigenvalue weighted by Crippen LogP contribution is -2.36. The number of para-hydroxylation sites is 1. The van der Waals surface area contributed by atoms with Crippen molar-refractivity contribution in [3.63, 3.8) is 0 Å². The maximum absolute atomic E-state index is 12.0. The van der Waals surface area contributed by atoms with Crippen molar-refractivity contribution in [1.29, 1.82) is 0 Å². The number of carbonyl (C=O) groups is 1. The van der Waals surface area contributed by atoms with Crippen molar-refractivity contribution in [3.8, 4) is 5.75 Å². The molecule has 0 radical (unpaired) electrons. The number of nitrogens with one attached hydrogen (secondary N) is 2. The summed E-state index contributed by atoms with van der Waals surface area (Å²) >= 11 is 0. The molecule has 0 heterocycles. The van der Waals surface area contributed by atoms with E-state index in [1.807, 2.05) is 30.3 Å². The molecule has 2 aromatic carbocycles. The first-order valence-corrected chi connectivity index (χ1v) is 8.84. The van der Waals surface area contributed by atoms with E-state index in [1.165, 1.54) is 0 Å². The predicted molar refractivity (Wildman–Crippen MR) is 98.9 cm³/mol. The first-order chi connectivity index (χ1) is 13.4. The molecule has 0 unspecified atom stereocenters. The predicted octanol–water partition coefficient (Wildman–Crippen LogP) is 4.03. The maximum Gasteiger partial charge on any atom is 0.411 e. The van der Waals surface area contributed by atoms with Crippen LogP contribution in [0.3, 0.4) is 0 Å². The van der Waals surface area contributed by atoms with E-state index in [9.17, 15) is 18.0 Å². The van der Waals surface area contributed by atoms with Crippen molar-refractivity contribution in [2.75, 3.05) is 19.8 Å². The Morgan fingerprint density at radius 3 is 2.29 bits per heavy atom. The number of amides is 2. The highest BCUT2D eigenvalue weighted by molar-refractivity contribution is 5.73. The summed E-state index contributed by atoms with van der Waals surface area (Å²) < 4.78 is 46.2. The quantitative estimate of drug-likeness (QED) is 0.596. The van der Waals surface area contributed by atoms with Gasteiger partial charge in [0, 0.05) is 13.1 Å². The Hall–Kier alpha value is -2.74. The molecule has 0 aliphatic heterocycles. The van der Waals surface area contributed by atoms with Gasteiger partial charge in [-0.1, -0.05) is 42.5 Å². The molecule has 0 aliphatic rings. The number of benzene rings is 2. The van der Waals surface area contributed by atoms with Crippen LogP contribution in [0.4, 0.5) is 18.0 Å². The SMILES string of the molecule is O=C(NCCCOc1ccccc1)NCc1ccc(COCC(F)(F)F)cc1. The van der Waals surface area contributed by atoms with Crippen molar-refractivity contribution < 1.29 is 27.4 Å². The Morgan fingerprint density at radius 1 is 0.929 bits per heavy atom. The summed E-state index contributed by atoms with van der Waals surface area (Å²) in [7, 11) is 0. The largest absolute Gasteiger partial charge is 0.494 e. The Morgan fingerprint density at radius 2 is 1.61 bits per heavy atom. The van der Waals surface area contributed by atoms with Crippen LogP contribution in [0.2, 0.25) is 0 Å². The standard InChI is InChI=1S/C20H23F3N2O3/c21-20(22,23)15-27-14-17-9-7-16(8-10-17)13-25-19(26)24-11-4-12-28-18-5-2-1-3-6-18/h1-3,5-10H,4,11-15H2,(H2,24,25,26). The molecular formula is C20H23F3N2O3. The molecule has 152 valence electrons. The monoisotopic (exact) mass is 396 g/mol. The second-order valence-electron chi connectivity index (χ2n) is 6.05. The molecule has 0 saturated heterocycles. The highest BCUT2D eigenvalue weighted by Crippen LogP contribution is 2.15. The fraction of sp³-hybridized carbons (Fsp3) is 0.350. The van der Waals surface area contributed by atoms with Gasteiger partial charge in [0.05, 0.1) is 13.2 Å². The van der Waals surface area contributed by atoms with Gasteiger partial charge in [0.15, 0.2) is 0 Å². The van der Waals surface area contributed by atoms with E-state index in [-0.39, 0.29) is 12.6 Å². The number of hydrogen-bond acceptors (Lipinski definition) is 3. The van der Waals surface area contributed by atoms with Gasteiger partial charge in [-0.3, -0.25) is 0 Å². The number of hydrogen-bond donors (Lipinski definition) is 2.